The normalized spacial score (nSPS) is 12.6. The quantitative estimate of drug-likeness (QED) is 0.814. The number of hydrogen-bond acceptors (Lipinski definition) is 2. The molecule has 0 fully saturated rings. The van der Waals surface area contributed by atoms with Crippen LogP contribution in [0, 0.1) is 0 Å². The molecule has 1 atom stereocenters. The minimum atomic E-state index is -0.221. The summed E-state index contributed by atoms with van der Waals surface area (Å²) in [7, 11) is 1.62. The minimum Gasteiger partial charge on any atom is -0.359 e. The van der Waals surface area contributed by atoms with Crippen LogP contribution in [0.3, 0.4) is 0 Å². The third-order valence-electron chi connectivity index (χ3n) is 2.72. The topological polar surface area (TPSA) is 55.1 Å². The van der Waals surface area contributed by atoms with E-state index in [0.717, 1.165) is 5.56 Å². The van der Waals surface area contributed by atoms with Gasteiger partial charge in [0, 0.05) is 19.5 Å². The number of benzene rings is 1. The summed E-state index contributed by atoms with van der Waals surface area (Å²) < 4.78 is 0. The molecule has 0 aliphatic rings. The van der Waals surface area contributed by atoms with Crippen LogP contribution >= 0.6 is 0 Å². The van der Waals surface area contributed by atoms with Gasteiger partial charge in [-0.2, -0.15) is 0 Å². The first-order valence-corrected chi connectivity index (χ1v) is 5.60. The maximum atomic E-state index is 11.2. The van der Waals surface area contributed by atoms with Crippen molar-refractivity contribution < 1.29 is 4.79 Å². The van der Waals surface area contributed by atoms with E-state index in [4.69, 9.17) is 5.73 Å². The van der Waals surface area contributed by atoms with Crippen LogP contribution in [-0.2, 0) is 4.79 Å². The molecule has 0 saturated carbocycles. The number of hydrogen-bond donors (Lipinski definition) is 2. The van der Waals surface area contributed by atoms with Gasteiger partial charge < -0.3 is 11.1 Å². The van der Waals surface area contributed by atoms with Crippen molar-refractivity contribution in [1.82, 2.24) is 5.32 Å². The van der Waals surface area contributed by atoms with E-state index in [9.17, 15) is 4.79 Å². The van der Waals surface area contributed by atoms with E-state index in [1.54, 1.807) is 7.05 Å². The van der Waals surface area contributed by atoms with Crippen molar-refractivity contribution in [3.05, 3.63) is 35.4 Å². The second-order valence-corrected chi connectivity index (χ2v) is 4.31. The highest BCUT2D eigenvalue weighted by Crippen LogP contribution is 2.19. The van der Waals surface area contributed by atoms with E-state index < -0.39 is 0 Å². The first-order chi connectivity index (χ1) is 7.54. The maximum Gasteiger partial charge on any atom is 0.221 e. The SMILES string of the molecule is CNC(=O)CC(N)c1ccc(C(C)C)cc1. The van der Waals surface area contributed by atoms with Gasteiger partial charge in [0.2, 0.25) is 5.91 Å². The fourth-order valence-electron chi connectivity index (χ4n) is 1.55. The van der Waals surface area contributed by atoms with Crippen molar-refractivity contribution >= 4 is 5.91 Å². The zero-order valence-electron chi connectivity index (χ0n) is 10.2. The molecule has 0 spiro atoms. The Morgan fingerprint density at radius 1 is 1.25 bits per heavy atom. The van der Waals surface area contributed by atoms with Crippen LogP contribution in [0.4, 0.5) is 0 Å². The largest absolute Gasteiger partial charge is 0.359 e. The first-order valence-electron chi connectivity index (χ1n) is 5.60. The molecule has 0 aliphatic carbocycles. The number of carbonyl (C=O) groups is 1. The molecule has 0 heterocycles. The molecule has 0 bridgehead atoms. The van der Waals surface area contributed by atoms with Gasteiger partial charge in [0.05, 0.1) is 0 Å². The molecular weight excluding hydrogens is 200 g/mol. The molecule has 3 nitrogen and oxygen atoms in total. The van der Waals surface area contributed by atoms with Crippen LogP contribution in [0.2, 0.25) is 0 Å². The van der Waals surface area contributed by atoms with Crippen molar-refractivity contribution in [2.75, 3.05) is 7.05 Å². The van der Waals surface area contributed by atoms with Crippen LogP contribution in [0.1, 0.15) is 43.4 Å². The molecule has 88 valence electrons. The molecule has 0 aliphatic heterocycles. The highest BCUT2D eigenvalue weighted by Gasteiger charge is 2.10. The van der Waals surface area contributed by atoms with E-state index in [0.29, 0.717) is 12.3 Å². The molecule has 0 aromatic heterocycles. The molecule has 1 unspecified atom stereocenters. The number of rotatable bonds is 4. The van der Waals surface area contributed by atoms with E-state index in [2.05, 4.69) is 31.3 Å². The van der Waals surface area contributed by atoms with Gasteiger partial charge in [-0.25, -0.2) is 0 Å². The molecule has 16 heavy (non-hydrogen) atoms. The molecule has 0 saturated heterocycles. The highest BCUT2D eigenvalue weighted by molar-refractivity contribution is 5.76. The van der Waals surface area contributed by atoms with Crippen molar-refractivity contribution in [2.45, 2.75) is 32.2 Å². The zero-order valence-corrected chi connectivity index (χ0v) is 10.2. The van der Waals surface area contributed by atoms with Crippen molar-refractivity contribution in [3.8, 4) is 0 Å². The van der Waals surface area contributed by atoms with Crippen molar-refractivity contribution in [3.63, 3.8) is 0 Å². The van der Waals surface area contributed by atoms with Crippen LogP contribution < -0.4 is 11.1 Å². The highest BCUT2D eigenvalue weighted by atomic mass is 16.1. The predicted octanol–water partition coefficient (Wildman–Crippen LogP) is 1.95. The summed E-state index contributed by atoms with van der Waals surface area (Å²) in [5.74, 6) is 0.490. The molecule has 1 aromatic carbocycles. The van der Waals surface area contributed by atoms with Gasteiger partial charge in [-0.3, -0.25) is 4.79 Å². The van der Waals surface area contributed by atoms with Gasteiger partial charge in [0.15, 0.2) is 0 Å². The fraction of sp³-hybridized carbons (Fsp3) is 0.462. The first kappa shape index (κ1) is 12.7. The monoisotopic (exact) mass is 220 g/mol. The standard InChI is InChI=1S/C13H20N2O/c1-9(2)10-4-6-11(7-5-10)12(14)8-13(16)15-3/h4-7,9,12H,8,14H2,1-3H3,(H,15,16). The number of nitrogens with one attached hydrogen (secondary N) is 1. The Morgan fingerprint density at radius 3 is 2.19 bits per heavy atom. The summed E-state index contributed by atoms with van der Waals surface area (Å²) in [6.45, 7) is 4.30. The zero-order chi connectivity index (χ0) is 12.1. The molecule has 1 rings (SSSR count). The van der Waals surface area contributed by atoms with Crippen LogP contribution in [0.5, 0.6) is 0 Å². The molecule has 3 N–H and O–H groups in total. The average Bonchev–Trinajstić information content (AvgIpc) is 2.28. The summed E-state index contributed by atoms with van der Waals surface area (Å²) >= 11 is 0. The summed E-state index contributed by atoms with van der Waals surface area (Å²) in [5, 5.41) is 2.58. The second kappa shape index (κ2) is 5.66. The predicted molar refractivity (Wildman–Crippen MR) is 66.1 cm³/mol. The number of amides is 1. The summed E-state index contributed by atoms with van der Waals surface area (Å²) in [6, 6.07) is 7.93. The Kier molecular flexibility index (Phi) is 4.50. The molecule has 1 aromatic rings. The summed E-state index contributed by atoms with van der Waals surface area (Å²) in [4.78, 5) is 11.2. The lowest BCUT2D eigenvalue weighted by Crippen LogP contribution is -2.24. The van der Waals surface area contributed by atoms with Crippen molar-refractivity contribution in [2.24, 2.45) is 5.73 Å². The molecule has 0 radical (unpaired) electrons. The lowest BCUT2D eigenvalue weighted by molar-refractivity contribution is -0.120. The Hall–Kier alpha value is -1.35. The van der Waals surface area contributed by atoms with Gasteiger partial charge >= 0.3 is 0 Å². The minimum absolute atomic E-state index is 0.0274. The Labute approximate surface area is 97.0 Å². The van der Waals surface area contributed by atoms with Crippen LogP contribution in [0.25, 0.3) is 0 Å². The maximum absolute atomic E-state index is 11.2. The van der Waals surface area contributed by atoms with Gasteiger partial charge in [0.25, 0.3) is 0 Å². The van der Waals surface area contributed by atoms with E-state index in [1.807, 2.05) is 12.1 Å². The third-order valence-corrected chi connectivity index (χ3v) is 2.72. The Bertz CT molecular complexity index is 343. The van der Waals surface area contributed by atoms with Gasteiger partial charge in [-0.15, -0.1) is 0 Å². The average molecular weight is 220 g/mol. The Morgan fingerprint density at radius 2 is 1.75 bits per heavy atom. The lowest BCUT2D eigenvalue weighted by atomic mass is 9.98. The number of nitrogens with two attached hydrogens (primary N) is 1. The second-order valence-electron chi connectivity index (χ2n) is 4.31. The molecular formula is C13H20N2O. The van der Waals surface area contributed by atoms with E-state index in [-0.39, 0.29) is 11.9 Å². The smallest absolute Gasteiger partial charge is 0.221 e. The summed E-state index contributed by atoms with van der Waals surface area (Å²) in [6.07, 6.45) is 0.331. The fourth-order valence-corrected chi connectivity index (χ4v) is 1.55. The van der Waals surface area contributed by atoms with Gasteiger partial charge in [0.1, 0.15) is 0 Å². The summed E-state index contributed by atoms with van der Waals surface area (Å²) in [5.41, 5.74) is 8.23. The molecule has 1 amide bonds. The molecule has 3 heteroatoms. The third kappa shape index (κ3) is 3.35. The number of carbonyl (C=O) groups excluding carboxylic acids is 1. The lowest BCUT2D eigenvalue weighted by Gasteiger charge is -2.12. The van der Waals surface area contributed by atoms with Crippen molar-refractivity contribution in [1.29, 1.82) is 0 Å². The van der Waals surface area contributed by atoms with E-state index >= 15 is 0 Å². The van der Waals surface area contributed by atoms with Gasteiger partial charge in [-0.1, -0.05) is 38.1 Å². The van der Waals surface area contributed by atoms with Crippen LogP contribution in [-0.4, -0.2) is 13.0 Å². The Balaban J connectivity index is 2.70. The van der Waals surface area contributed by atoms with E-state index in [1.165, 1.54) is 5.56 Å². The van der Waals surface area contributed by atoms with Gasteiger partial charge in [-0.05, 0) is 17.0 Å². The van der Waals surface area contributed by atoms with Crippen LogP contribution in [0.15, 0.2) is 24.3 Å².